The smallest absolute Gasteiger partial charge is 0.407 e. The topological polar surface area (TPSA) is 93.8 Å². The third kappa shape index (κ3) is 6.27. The Kier molecular flexibility index (Phi) is 8.89. The number of imidazole rings is 1. The zero-order valence-corrected chi connectivity index (χ0v) is 26.9. The minimum atomic E-state index is -0.655. The standard InChI is InChI=1S/C36H39F3N6O3/c1-48-36(47)40-21-33(46)45-15-3-5-32(45)35-41-29-11-8-24(18-30(29)42-35)31-4-2-14-44(31)26-19-27(38)34(28(39)20-26)43-16-12-23(13-17-43)22-6-9-25(37)10-7-22/h6-11,18-20,23,31-32H,2-5,12-17,21H2,1H3,(H,40,47)(H,41,42)/t31-,32+/m1/s1. The largest absolute Gasteiger partial charge is 0.453 e. The minimum absolute atomic E-state index is 0.0121. The van der Waals surface area contributed by atoms with Crippen LogP contribution >= 0.6 is 0 Å². The monoisotopic (exact) mass is 660 g/mol. The van der Waals surface area contributed by atoms with E-state index in [1.165, 1.54) is 31.4 Å². The van der Waals surface area contributed by atoms with Crippen LogP contribution in [0.3, 0.4) is 0 Å². The van der Waals surface area contributed by atoms with Gasteiger partial charge in [0.15, 0.2) is 11.6 Å². The Hall–Kier alpha value is -4.74. The van der Waals surface area contributed by atoms with E-state index in [0.717, 1.165) is 60.7 Å². The molecule has 2 N–H and O–H groups in total. The van der Waals surface area contributed by atoms with Crippen LogP contribution in [0.2, 0.25) is 0 Å². The maximum atomic E-state index is 15.7. The highest BCUT2D eigenvalue weighted by Crippen LogP contribution is 2.41. The molecule has 3 saturated heterocycles. The molecule has 3 aliphatic heterocycles. The summed E-state index contributed by atoms with van der Waals surface area (Å²) in [6.45, 7) is 2.14. The Morgan fingerprint density at radius 2 is 1.56 bits per heavy atom. The van der Waals surface area contributed by atoms with Gasteiger partial charge in [0.25, 0.3) is 0 Å². The van der Waals surface area contributed by atoms with Gasteiger partial charge in [-0.3, -0.25) is 4.79 Å². The summed E-state index contributed by atoms with van der Waals surface area (Å²) < 4.78 is 49.3. The first-order valence-electron chi connectivity index (χ1n) is 16.7. The fourth-order valence-corrected chi connectivity index (χ4v) is 7.69. The van der Waals surface area contributed by atoms with E-state index in [9.17, 15) is 14.0 Å². The van der Waals surface area contributed by atoms with Crippen LogP contribution in [-0.4, -0.2) is 66.7 Å². The number of hydrogen-bond donors (Lipinski definition) is 2. The van der Waals surface area contributed by atoms with Crippen LogP contribution in [0.4, 0.5) is 29.3 Å². The lowest BCUT2D eigenvalue weighted by Gasteiger charge is -2.35. The summed E-state index contributed by atoms with van der Waals surface area (Å²) in [5, 5.41) is 2.45. The van der Waals surface area contributed by atoms with E-state index in [-0.39, 0.29) is 42.0 Å². The van der Waals surface area contributed by atoms with Gasteiger partial charge in [-0.25, -0.2) is 22.9 Å². The molecule has 4 heterocycles. The van der Waals surface area contributed by atoms with Crippen molar-refractivity contribution < 1.29 is 27.5 Å². The first-order chi connectivity index (χ1) is 23.3. The maximum Gasteiger partial charge on any atom is 0.407 e. The SMILES string of the molecule is COC(=O)NCC(=O)N1CCC[C@H]1c1nc2cc([C@H]3CCCN3c3cc(F)c(N4CCC(c5ccc(F)cc5)CC4)c(F)c3)ccc2[nH]1. The van der Waals surface area contributed by atoms with Gasteiger partial charge in [-0.1, -0.05) is 18.2 Å². The molecule has 7 rings (SSSR count). The van der Waals surface area contributed by atoms with E-state index in [1.807, 2.05) is 18.2 Å². The van der Waals surface area contributed by atoms with Crippen molar-refractivity contribution in [2.75, 3.05) is 49.6 Å². The normalized spacial score (nSPS) is 20.1. The highest BCUT2D eigenvalue weighted by atomic mass is 19.1. The van der Waals surface area contributed by atoms with Gasteiger partial charge in [-0.05, 0) is 92.0 Å². The molecule has 4 aromatic rings. The first-order valence-corrected chi connectivity index (χ1v) is 16.7. The van der Waals surface area contributed by atoms with E-state index < -0.39 is 17.7 Å². The summed E-state index contributed by atoms with van der Waals surface area (Å²) in [7, 11) is 1.25. The number of hydrogen-bond acceptors (Lipinski definition) is 6. The van der Waals surface area contributed by atoms with Gasteiger partial charge in [0.1, 0.15) is 23.9 Å². The number of nitrogens with zero attached hydrogens (tertiary/aromatic N) is 4. The van der Waals surface area contributed by atoms with Gasteiger partial charge < -0.3 is 29.7 Å². The lowest BCUT2D eigenvalue weighted by atomic mass is 9.89. The molecular formula is C36H39F3N6O3. The third-order valence-electron chi connectivity index (χ3n) is 10.1. The van der Waals surface area contributed by atoms with E-state index in [0.29, 0.717) is 37.7 Å². The van der Waals surface area contributed by atoms with Gasteiger partial charge in [-0.15, -0.1) is 0 Å². The molecular weight excluding hydrogens is 621 g/mol. The zero-order valence-electron chi connectivity index (χ0n) is 26.9. The van der Waals surface area contributed by atoms with Crippen LogP contribution in [-0.2, 0) is 9.53 Å². The number of amides is 2. The molecule has 12 heteroatoms. The van der Waals surface area contributed by atoms with Crippen molar-refractivity contribution in [2.45, 2.75) is 56.5 Å². The highest BCUT2D eigenvalue weighted by Gasteiger charge is 2.33. The third-order valence-corrected chi connectivity index (χ3v) is 10.1. The predicted molar refractivity (Wildman–Crippen MR) is 176 cm³/mol. The van der Waals surface area contributed by atoms with E-state index >= 15 is 8.78 Å². The molecule has 48 heavy (non-hydrogen) atoms. The number of ether oxygens (including phenoxy) is 1. The molecule has 3 aliphatic rings. The summed E-state index contributed by atoms with van der Waals surface area (Å²) in [5.74, 6) is -0.691. The Balaban J connectivity index is 1.06. The molecule has 1 aromatic heterocycles. The number of anilines is 2. The fraction of sp³-hybridized carbons (Fsp3) is 0.417. The Labute approximate surface area is 277 Å². The number of carbonyl (C=O) groups excluding carboxylic acids is 2. The molecule has 2 amide bonds. The Bertz CT molecular complexity index is 1780. The molecule has 9 nitrogen and oxygen atoms in total. The second kappa shape index (κ2) is 13.4. The van der Waals surface area contributed by atoms with Crippen molar-refractivity contribution in [2.24, 2.45) is 0 Å². The number of methoxy groups -OCH3 is 1. The molecule has 0 saturated carbocycles. The quantitative estimate of drug-likeness (QED) is 0.229. The number of rotatable bonds is 7. The second-order valence-corrected chi connectivity index (χ2v) is 12.9. The van der Waals surface area contributed by atoms with Crippen LogP contribution < -0.4 is 15.1 Å². The van der Waals surface area contributed by atoms with Crippen molar-refractivity contribution in [1.29, 1.82) is 0 Å². The number of H-pyrrole nitrogens is 1. The van der Waals surface area contributed by atoms with E-state index in [1.54, 1.807) is 21.9 Å². The molecule has 3 aromatic carbocycles. The lowest BCUT2D eigenvalue weighted by molar-refractivity contribution is -0.131. The average molecular weight is 661 g/mol. The number of nitrogens with one attached hydrogen (secondary N) is 2. The van der Waals surface area contributed by atoms with Crippen LogP contribution in [0.5, 0.6) is 0 Å². The van der Waals surface area contributed by atoms with Crippen LogP contribution in [0.1, 0.15) is 73.5 Å². The lowest BCUT2D eigenvalue weighted by Crippen LogP contribution is -2.40. The molecule has 0 radical (unpaired) electrons. The van der Waals surface area contributed by atoms with Crippen molar-refractivity contribution in [1.82, 2.24) is 20.2 Å². The molecule has 3 fully saturated rings. The fourth-order valence-electron chi connectivity index (χ4n) is 7.69. The maximum absolute atomic E-state index is 15.7. The van der Waals surface area contributed by atoms with Crippen molar-refractivity contribution >= 4 is 34.4 Å². The summed E-state index contributed by atoms with van der Waals surface area (Å²) in [4.78, 5) is 38.1. The zero-order chi connectivity index (χ0) is 33.4. The van der Waals surface area contributed by atoms with Gasteiger partial charge in [0.05, 0.1) is 30.2 Å². The van der Waals surface area contributed by atoms with Crippen LogP contribution in [0.25, 0.3) is 11.0 Å². The summed E-state index contributed by atoms with van der Waals surface area (Å²) in [6.07, 6.45) is 4.12. The number of aromatic amines is 1. The van der Waals surface area contributed by atoms with Crippen LogP contribution in [0, 0.1) is 17.5 Å². The molecule has 2 atom stereocenters. The highest BCUT2D eigenvalue weighted by molar-refractivity contribution is 5.83. The number of fused-ring (bicyclic) bond motifs is 1. The summed E-state index contributed by atoms with van der Waals surface area (Å²) >= 11 is 0. The van der Waals surface area contributed by atoms with Gasteiger partial charge in [-0.2, -0.15) is 0 Å². The number of halogens is 3. The Morgan fingerprint density at radius 3 is 2.29 bits per heavy atom. The molecule has 252 valence electrons. The van der Waals surface area contributed by atoms with Crippen molar-refractivity contribution in [3.05, 3.63) is 89.0 Å². The average Bonchev–Trinajstić information content (AvgIpc) is 3.87. The molecule has 0 spiro atoms. The predicted octanol–water partition coefficient (Wildman–Crippen LogP) is 6.73. The Morgan fingerprint density at radius 1 is 0.875 bits per heavy atom. The van der Waals surface area contributed by atoms with E-state index in [4.69, 9.17) is 4.98 Å². The van der Waals surface area contributed by atoms with Crippen molar-refractivity contribution in [3.63, 3.8) is 0 Å². The van der Waals surface area contributed by atoms with Crippen molar-refractivity contribution in [3.8, 4) is 0 Å². The van der Waals surface area contributed by atoms with E-state index in [2.05, 4.69) is 19.9 Å². The summed E-state index contributed by atoms with van der Waals surface area (Å²) in [5.41, 5.74) is 4.19. The first kappa shape index (κ1) is 31.8. The van der Waals surface area contributed by atoms with Crippen LogP contribution in [0.15, 0.2) is 54.6 Å². The minimum Gasteiger partial charge on any atom is -0.453 e. The molecule has 0 unspecified atom stereocenters. The number of carbonyl (C=O) groups is 2. The second-order valence-electron chi connectivity index (χ2n) is 12.9. The number of benzene rings is 3. The van der Waals surface area contributed by atoms with Gasteiger partial charge >= 0.3 is 6.09 Å². The number of aromatic nitrogens is 2. The molecule has 0 aliphatic carbocycles. The van der Waals surface area contributed by atoms with Gasteiger partial charge in [0, 0.05) is 31.9 Å². The molecule has 0 bridgehead atoms. The number of piperidine rings is 1. The number of likely N-dealkylation sites (tertiary alicyclic amines) is 1. The van der Waals surface area contributed by atoms with Gasteiger partial charge in [0.2, 0.25) is 5.91 Å². The summed E-state index contributed by atoms with van der Waals surface area (Å²) in [6, 6.07) is 15.1. The number of alkyl carbamates (subject to hydrolysis) is 1.